The first kappa shape index (κ1) is 19.8. The standard InChI is InChI=1S/C19H12Br2ClN5O2/c20-14-5-1-3-12(7-14)18-17(22)19(13-4-2-6-15(21)8-13)26(24-18)11-25-10-16(9-23-25)27(28)29/h1-10H,11H2. The van der Waals surface area contributed by atoms with E-state index in [4.69, 9.17) is 16.7 Å². The lowest BCUT2D eigenvalue weighted by atomic mass is 10.1. The van der Waals surface area contributed by atoms with Crippen LogP contribution in [0.25, 0.3) is 22.5 Å². The van der Waals surface area contributed by atoms with Gasteiger partial charge in [0.1, 0.15) is 24.8 Å². The summed E-state index contributed by atoms with van der Waals surface area (Å²) in [5, 5.41) is 20.2. The van der Waals surface area contributed by atoms with Crippen LogP contribution in [-0.4, -0.2) is 24.5 Å². The van der Waals surface area contributed by atoms with Gasteiger partial charge in [-0.05, 0) is 24.3 Å². The zero-order chi connectivity index (χ0) is 20.5. The van der Waals surface area contributed by atoms with Crippen molar-refractivity contribution in [3.8, 4) is 22.5 Å². The summed E-state index contributed by atoms with van der Waals surface area (Å²) < 4.78 is 4.95. The molecular weight excluding hydrogens is 526 g/mol. The Labute approximate surface area is 187 Å². The van der Waals surface area contributed by atoms with E-state index in [1.165, 1.54) is 17.1 Å². The van der Waals surface area contributed by atoms with Crippen molar-refractivity contribution in [3.63, 3.8) is 0 Å². The minimum Gasteiger partial charge on any atom is -0.258 e. The van der Waals surface area contributed by atoms with Gasteiger partial charge in [-0.3, -0.25) is 10.1 Å². The summed E-state index contributed by atoms with van der Waals surface area (Å²) >= 11 is 13.7. The lowest BCUT2D eigenvalue weighted by Gasteiger charge is -2.08. The highest BCUT2D eigenvalue weighted by atomic mass is 79.9. The van der Waals surface area contributed by atoms with Crippen LogP contribution in [0.15, 0.2) is 69.9 Å². The van der Waals surface area contributed by atoms with Crippen molar-refractivity contribution < 1.29 is 4.92 Å². The summed E-state index contributed by atoms with van der Waals surface area (Å²) in [6.07, 6.45) is 2.57. The fourth-order valence-electron chi connectivity index (χ4n) is 2.94. The molecule has 2 heterocycles. The summed E-state index contributed by atoms with van der Waals surface area (Å²) in [6, 6.07) is 15.4. The van der Waals surface area contributed by atoms with E-state index in [-0.39, 0.29) is 12.4 Å². The Balaban J connectivity index is 1.85. The minimum absolute atomic E-state index is 0.0838. The molecular formula is C19H12Br2ClN5O2. The fraction of sp³-hybridized carbons (Fsp3) is 0.0526. The summed E-state index contributed by atoms with van der Waals surface area (Å²) in [5.74, 6) is 0. The number of hydrogen-bond donors (Lipinski definition) is 0. The second kappa shape index (κ2) is 8.10. The molecule has 10 heteroatoms. The molecule has 0 amide bonds. The lowest BCUT2D eigenvalue weighted by Crippen LogP contribution is -2.11. The predicted octanol–water partition coefficient (Wildman–Crippen LogP) is 6.01. The maximum atomic E-state index is 11.0. The molecule has 2 aromatic carbocycles. The van der Waals surface area contributed by atoms with E-state index >= 15 is 0 Å². The van der Waals surface area contributed by atoms with Crippen molar-refractivity contribution in [2.45, 2.75) is 6.67 Å². The fourth-order valence-corrected chi connectivity index (χ4v) is 4.09. The molecule has 0 bridgehead atoms. The molecule has 29 heavy (non-hydrogen) atoms. The molecule has 0 spiro atoms. The summed E-state index contributed by atoms with van der Waals surface area (Å²) in [5.41, 5.74) is 2.94. The number of aromatic nitrogens is 4. The van der Waals surface area contributed by atoms with Crippen LogP contribution in [0.3, 0.4) is 0 Å². The third-order valence-corrected chi connectivity index (χ3v) is 5.54. The molecule has 0 atom stereocenters. The number of halogens is 3. The summed E-state index contributed by atoms with van der Waals surface area (Å²) in [6.45, 7) is 0.170. The average molecular weight is 538 g/mol. The number of nitro groups is 1. The van der Waals surface area contributed by atoms with Crippen LogP contribution in [0.5, 0.6) is 0 Å². The molecule has 0 unspecified atom stereocenters. The van der Waals surface area contributed by atoms with Crippen LogP contribution in [0.4, 0.5) is 5.69 Å². The van der Waals surface area contributed by atoms with Gasteiger partial charge in [-0.15, -0.1) is 0 Å². The number of nitrogens with zero attached hydrogens (tertiary/aromatic N) is 5. The van der Waals surface area contributed by atoms with Crippen molar-refractivity contribution >= 4 is 49.1 Å². The van der Waals surface area contributed by atoms with E-state index in [9.17, 15) is 10.1 Å². The number of hydrogen-bond acceptors (Lipinski definition) is 4. The SMILES string of the molecule is O=[N+]([O-])c1cnn(Cn2nc(-c3cccc(Br)c3)c(Cl)c2-c2cccc(Br)c2)c1. The number of benzene rings is 2. The quantitative estimate of drug-likeness (QED) is 0.231. The molecule has 4 aromatic rings. The summed E-state index contributed by atoms with van der Waals surface area (Å²) in [4.78, 5) is 10.5. The molecule has 0 N–H and O–H groups in total. The van der Waals surface area contributed by atoms with Crippen LogP contribution in [0, 0.1) is 10.1 Å². The van der Waals surface area contributed by atoms with Gasteiger partial charge in [0.05, 0.1) is 15.6 Å². The van der Waals surface area contributed by atoms with Crippen LogP contribution in [0.2, 0.25) is 5.02 Å². The lowest BCUT2D eigenvalue weighted by molar-refractivity contribution is -0.385. The van der Waals surface area contributed by atoms with E-state index in [2.05, 4.69) is 37.0 Å². The molecule has 7 nitrogen and oxygen atoms in total. The van der Waals surface area contributed by atoms with Gasteiger partial charge in [0.25, 0.3) is 0 Å². The second-order valence-corrected chi connectivity index (χ2v) is 8.38. The van der Waals surface area contributed by atoms with Gasteiger partial charge in [-0.25, -0.2) is 9.36 Å². The zero-order valence-electron chi connectivity index (χ0n) is 14.7. The highest BCUT2D eigenvalue weighted by Crippen LogP contribution is 2.37. The Morgan fingerprint density at radius 1 is 1.07 bits per heavy atom. The monoisotopic (exact) mass is 535 g/mol. The maximum Gasteiger partial charge on any atom is 0.307 e. The normalized spacial score (nSPS) is 11.0. The van der Waals surface area contributed by atoms with E-state index in [1.807, 2.05) is 48.5 Å². The Kier molecular flexibility index (Phi) is 5.53. The van der Waals surface area contributed by atoms with Crippen molar-refractivity contribution in [1.29, 1.82) is 0 Å². The van der Waals surface area contributed by atoms with Gasteiger partial charge >= 0.3 is 5.69 Å². The Morgan fingerprint density at radius 3 is 2.34 bits per heavy atom. The van der Waals surface area contributed by atoms with E-state index in [1.54, 1.807) is 4.68 Å². The molecule has 0 fully saturated rings. The molecule has 0 saturated carbocycles. The molecule has 0 aliphatic carbocycles. The average Bonchev–Trinajstić information content (AvgIpc) is 3.27. The first-order valence-electron chi connectivity index (χ1n) is 8.37. The van der Waals surface area contributed by atoms with Crippen LogP contribution < -0.4 is 0 Å². The topological polar surface area (TPSA) is 78.8 Å². The van der Waals surface area contributed by atoms with Gasteiger partial charge < -0.3 is 0 Å². The Bertz CT molecular complexity index is 1220. The van der Waals surface area contributed by atoms with Crippen LogP contribution in [-0.2, 0) is 6.67 Å². The largest absolute Gasteiger partial charge is 0.307 e. The van der Waals surface area contributed by atoms with E-state index in [0.717, 1.165) is 20.1 Å². The van der Waals surface area contributed by atoms with Crippen molar-refractivity contribution in [2.75, 3.05) is 0 Å². The van der Waals surface area contributed by atoms with Gasteiger partial charge in [0, 0.05) is 20.1 Å². The van der Waals surface area contributed by atoms with Crippen LogP contribution in [0.1, 0.15) is 0 Å². The maximum absolute atomic E-state index is 11.0. The third kappa shape index (κ3) is 4.12. The molecule has 0 radical (unpaired) electrons. The van der Waals surface area contributed by atoms with Gasteiger partial charge in [-0.2, -0.15) is 10.2 Å². The van der Waals surface area contributed by atoms with E-state index < -0.39 is 4.92 Å². The summed E-state index contributed by atoms with van der Waals surface area (Å²) in [7, 11) is 0. The highest BCUT2D eigenvalue weighted by molar-refractivity contribution is 9.10. The molecule has 146 valence electrons. The highest BCUT2D eigenvalue weighted by Gasteiger charge is 2.20. The second-order valence-electron chi connectivity index (χ2n) is 6.17. The Hall–Kier alpha value is -2.49. The van der Waals surface area contributed by atoms with E-state index in [0.29, 0.717) is 16.4 Å². The van der Waals surface area contributed by atoms with Crippen LogP contribution >= 0.6 is 43.5 Å². The molecule has 2 aromatic heterocycles. The van der Waals surface area contributed by atoms with Gasteiger partial charge in [-0.1, -0.05) is 67.7 Å². The smallest absolute Gasteiger partial charge is 0.258 e. The van der Waals surface area contributed by atoms with Gasteiger partial charge in [0.2, 0.25) is 0 Å². The zero-order valence-corrected chi connectivity index (χ0v) is 18.6. The molecule has 0 aliphatic rings. The predicted molar refractivity (Wildman–Crippen MR) is 118 cm³/mol. The molecule has 4 rings (SSSR count). The Morgan fingerprint density at radius 2 is 1.72 bits per heavy atom. The van der Waals surface area contributed by atoms with Crippen molar-refractivity contribution in [2.24, 2.45) is 0 Å². The molecule has 0 aliphatic heterocycles. The third-order valence-electron chi connectivity index (χ3n) is 4.20. The molecule has 0 saturated heterocycles. The first-order valence-corrected chi connectivity index (χ1v) is 10.3. The van der Waals surface area contributed by atoms with Crippen molar-refractivity contribution in [1.82, 2.24) is 19.6 Å². The first-order chi connectivity index (χ1) is 13.9. The number of rotatable bonds is 5. The van der Waals surface area contributed by atoms with Gasteiger partial charge in [0.15, 0.2) is 0 Å². The minimum atomic E-state index is -0.484. The van der Waals surface area contributed by atoms with Crippen molar-refractivity contribution in [3.05, 3.63) is 85.0 Å².